The molecule has 0 saturated heterocycles. The van der Waals surface area contributed by atoms with Gasteiger partial charge in [-0.3, -0.25) is 9.59 Å². The molecule has 2 aromatic heterocycles. The number of nitrogens with zero attached hydrogens (tertiary/aromatic N) is 2. The molecular weight excluding hydrogens is 258 g/mol. The molecule has 20 heavy (non-hydrogen) atoms. The number of hydrogen-bond donors (Lipinski definition) is 1. The van der Waals surface area contributed by atoms with Crippen molar-refractivity contribution in [2.45, 2.75) is 13.0 Å². The van der Waals surface area contributed by atoms with Crippen LogP contribution in [0.5, 0.6) is 0 Å². The summed E-state index contributed by atoms with van der Waals surface area (Å²) in [6.07, 6.45) is 6.75. The summed E-state index contributed by atoms with van der Waals surface area (Å²) in [4.78, 5) is 22.9. The molecule has 0 saturated carbocycles. The van der Waals surface area contributed by atoms with E-state index in [0.29, 0.717) is 25.3 Å². The molecule has 2 rings (SSSR count). The third-order valence-electron chi connectivity index (χ3n) is 2.57. The third kappa shape index (κ3) is 4.24. The van der Waals surface area contributed by atoms with Gasteiger partial charge in [0.05, 0.1) is 6.26 Å². The van der Waals surface area contributed by atoms with Gasteiger partial charge in [0.15, 0.2) is 0 Å². The number of aryl methyl sites for hydroxylation is 1. The van der Waals surface area contributed by atoms with Gasteiger partial charge in [-0.15, -0.1) is 0 Å². The van der Waals surface area contributed by atoms with Crippen LogP contribution in [0.15, 0.2) is 52.0 Å². The van der Waals surface area contributed by atoms with E-state index in [1.807, 2.05) is 0 Å². The molecule has 6 nitrogen and oxygen atoms in total. The summed E-state index contributed by atoms with van der Waals surface area (Å²) in [5.41, 5.74) is -0.142. The van der Waals surface area contributed by atoms with Crippen LogP contribution in [0.3, 0.4) is 0 Å². The Morgan fingerprint density at radius 3 is 3.05 bits per heavy atom. The van der Waals surface area contributed by atoms with E-state index in [1.165, 1.54) is 16.8 Å². The van der Waals surface area contributed by atoms with Gasteiger partial charge in [-0.25, -0.2) is 4.68 Å². The fraction of sp³-hybridized carbons (Fsp3) is 0.214. The zero-order valence-corrected chi connectivity index (χ0v) is 10.9. The molecule has 2 aromatic rings. The lowest BCUT2D eigenvalue weighted by Gasteiger charge is -2.04. The van der Waals surface area contributed by atoms with E-state index in [4.69, 9.17) is 4.42 Å². The van der Waals surface area contributed by atoms with Gasteiger partial charge in [-0.1, -0.05) is 0 Å². The van der Waals surface area contributed by atoms with Gasteiger partial charge < -0.3 is 9.73 Å². The minimum Gasteiger partial charge on any atom is -0.465 e. The Kier molecular flexibility index (Phi) is 4.88. The number of carbonyl (C=O) groups excluding carboxylic acids is 1. The number of amides is 1. The predicted molar refractivity (Wildman–Crippen MR) is 73.9 cm³/mol. The Bertz CT molecular complexity index is 629. The molecule has 0 aliphatic heterocycles. The maximum atomic E-state index is 11.5. The number of carbonyl (C=O) groups is 1. The molecule has 0 unspecified atom stereocenters. The van der Waals surface area contributed by atoms with Crippen molar-refractivity contribution in [3.05, 3.63) is 58.9 Å². The fourth-order valence-corrected chi connectivity index (χ4v) is 1.60. The standard InChI is InChI=1S/C14H15N3O3/c18-13(7-6-12-4-2-11-20-12)15-8-3-10-17-14(19)5-1-9-16-17/h1-2,4-7,9,11H,3,8,10H2,(H,15,18)/b7-6+. The SMILES string of the molecule is O=C(/C=C/c1ccco1)NCCCn1ncccc1=O. The summed E-state index contributed by atoms with van der Waals surface area (Å²) in [7, 11) is 0. The molecule has 0 fully saturated rings. The first-order valence-corrected chi connectivity index (χ1v) is 6.27. The van der Waals surface area contributed by atoms with E-state index in [0.717, 1.165) is 0 Å². The highest BCUT2D eigenvalue weighted by Crippen LogP contribution is 2.01. The second kappa shape index (κ2) is 7.08. The van der Waals surface area contributed by atoms with Crippen molar-refractivity contribution in [2.75, 3.05) is 6.54 Å². The maximum absolute atomic E-state index is 11.5. The third-order valence-corrected chi connectivity index (χ3v) is 2.57. The van der Waals surface area contributed by atoms with Crippen LogP contribution in [0.2, 0.25) is 0 Å². The molecule has 0 aliphatic rings. The molecule has 1 N–H and O–H groups in total. The van der Waals surface area contributed by atoms with Crippen molar-refractivity contribution in [1.29, 1.82) is 0 Å². The fourth-order valence-electron chi connectivity index (χ4n) is 1.60. The summed E-state index contributed by atoms with van der Waals surface area (Å²) in [5, 5.41) is 6.65. The van der Waals surface area contributed by atoms with Gasteiger partial charge >= 0.3 is 0 Å². The van der Waals surface area contributed by atoms with Gasteiger partial charge in [0, 0.05) is 31.4 Å². The van der Waals surface area contributed by atoms with Gasteiger partial charge in [0.25, 0.3) is 5.56 Å². The van der Waals surface area contributed by atoms with E-state index in [1.54, 1.807) is 36.7 Å². The smallest absolute Gasteiger partial charge is 0.266 e. The molecule has 6 heteroatoms. The van der Waals surface area contributed by atoms with Crippen molar-refractivity contribution in [3.8, 4) is 0 Å². The van der Waals surface area contributed by atoms with E-state index >= 15 is 0 Å². The first kappa shape index (κ1) is 13.8. The molecule has 0 atom stereocenters. The van der Waals surface area contributed by atoms with Crippen LogP contribution < -0.4 is 10.9 Å². The van der Waals surface area contributed by atoms with Crippen molar-refractivity contribution in [2.24, 2.45) is 0 Å². The highest BCUT2D eigenvalue weighted by molar-refractivity contribution is 5.91. The summed E-state index contributed by atoms with van der Waals surface area (Å²) >= 11 is 0. The number of furan rings is 1. The Morgan fingerprint density at radius 2 is 2.30 bits per heavy atom. The lowest BCUT2D eigenvalue weighted by atomic mass is 10.3. The van der Waals surface area contributed by atoms with Crippen LogP contribution in [0, 0.1) is 0 Å². The zero-order chi connectivity index (χ0) is 14.2. The average Bonchev–Trinajstić information content (AvgIpc) is 2.96. The van der Waals surface area contributed by atoms with E-state index in [9.17, 15) is 9.59 Å². The van der Waals surface area contributed by atoms with E-state index < -0.39 is 0 Å². The monoisotopic (exact) mass is 273 g/mol. The van der Waals surface area contributed by atoms with Gasteiger partial charge in [-0.05, 0) is 30.7 Å². The quantitative estimate of drug-likeness (QED) is 0.630. The van der Waals surface area contributed by atoms with Crippen LogP contribution in [0.25, 0.3) is 6.08 Å². The van der Waals surface area contributed by atoms with Crippen molar-refractivity contribution in [1.82, 2.24) is 15.1 Å². The van der Waals surface area contributed by atoms with Gasteiger partial charge in [-0.2, -0.15) is 5.10 Å². The van der Waals surface area contributed by atoms with Crippen molar-refractivity contribution >= 4 is 12.0 Å². The number of rotatable bonds is 6. The highest BCUT2D eigenvalue weighted by atomic mass is 16.3. The molecular formula is C14H15N3O3. The molecule has 104 valence electrons. The first-order chi connectivity index (χ1) is 9.75. The van der Waals surface area contributed by atoms with E-state index in [2.05, 4.69) is 10.4 Å². The summed E-state index contributed by atoms with van der Waals surface area (Å²) in [5.74, 6) is 0.426. The summed E-state index contributed by atoms with van der Waals surface area (Å²) in [6, 6.07) is 6.57. The number of nitrogens with one attached hydrogen (secondary N) is 1. The number of hydrogen-bond acceptors (Lipinski definition) is 4. The average molecular weight is 273 g/mol. The van der Waals surface area contributed by atoms with Gasteiger partial charge in [0.2, 0.25) is 5.91 Å². The van der Waals surface area contributed by atoms with E-state index in [-0.39, 0.29) is 11.5 Å². The minimum atomic E-state index is -0.199. The summed E-state index contributed by atoms with van der Waals surface area (Å²) < 4.78 is 6.43. The van der Waals surface area contributed by atoms with Crippen LogP contribution >= 0.6 is 0 Å². The van der Waals surface area contributed by atoms with Crippen LogP contribution in [0.4, 0.5) is 0 Å². The highest BCUT2D eigenvalue weighted by Gasteiger charge is 1.98. The normalized spacial score (nSPS) is 10.8. The zero-order valence-electron chi connectivity index (χ0n) is 10.9. The molecule has 0 spiro atoms. The second-order valence-corrected chi connectivity index (χ2v) is 4.08. The first-order valence-electron chi connectivity index (χ1n) is 6.27. The largest absolute Gasteiger partial charge is 0.465 e. The van der Waals surface area contributed by atoms with Crippen molar-refractivity contribution in [3.63, 3.8) is 0 Å². The predicted octanol–water partition coefficient (Wildman–Crippen LogP) is 1.06. The Balaban J connectivity index is 1.70. The molecule has 0 aliphatic carbocycles. The van der Waals surface area contributed by atoms with Crippen LogP contribution in [-0.4, -0.2) is 22.2 Å². The Morgan fingerprint density at radius 1 is 1.40 bits per heavy atom. The molecule has 2 heterocycles. The Labute approximate surface area is 115 Å². The molecule has 0 radical (unpaired) electrons. The molecule has 0 bridgehead atoms. The van der Waals surface area contributed by atoms with Crippen LogP contribution in [0.1, 0.15) is 12.2 Å². The molecule has 0 aromatic carbocycles. The summed E-state index contributed by atoms with van der Waals surface area (Å²) in [6.45, 7) is 0.951. The van der Waals surface area contributed by atoms with Crippen molar-refractivity contribution < 1.29 is 9.21 Å². The number of aromatic nitrogens is 2. The second-order valence-electron chi connectivity index (χ2n) is 4.08. The topological polar surface area (TPSA) is 77.1 Å². The van der Waals surface area contributed by atoms with Crippen LogP contribution in [-0.2, 0) is 11.3 Å². The maximum Gasteiger partial charge on any atom is 0.266 e. The Hall–Kier alpha value is -2.63. The lowest BCUT2D eigenvalue weighted by Crippen LogP contribution is -2.26. The van der Waals surface area contributed by atoms with Gasteiger partial charge in [0.1, 0.15) is 5.76 Å². The lowest BCUT2D eigenvalue weighted by molar-refractivity contribution is -0.116. The minimum absolute atomic E-state index is 0.142. The molecule has 1 amide bonds.